The molecule has 34 heavy (non-hydrogen) atoms. The second kappa shape index (κ2) is 11.1. The lowest BCUT2D eigenvalue weighted by molar-refractivity contribution is -0.134. The van der Waals surface area contributed by atoms with Gasteiger partial charge in [-0.3, -0.25) is 9.48 Å². The number of aromatic nitrogens is 5. The van der Waals surface area contributed by atoms with Crippen molar-refractivity contribution in [2.45, 2.75) is 27.3 Å². The maximum Gasteiger partial charge on any atom is 0.322 e. The summed E-state index contributed by atoms with van der Waals surface area (Å²) in [5.41, 5.74) is 1.63. The van der Waals surface area contributed by atoms with Crippen molar-refractivity contribution < 1.29 is 23.2 Å². The number of nitrogens with zero attached hydrogens (tertiary/aromatic N) is 5. The van der Waals surface area contributed by atoms with Crippen LogP contribution in [-0.4, -0.2) is 42.5 Å². The number of carboxylic acid groups (broad SMARTS) is 1. The number of nitrogens with one attached hydrogen (secondary N) is 1. The van der Waals surface area contributed by atoms with E-state index < -0.39 is 18.3 Å². The van der Waals surface area contributed by atoms with Crippen molar-refractivity contribution >= 4 is 11.8 Å². The normalized spacial score (nSPS) is 10.6. The number of benzene rings is 1. The lowest BCUT2D eigenvalue weighted by Crippen LogP contribution is -2.15. The zero-order valence-electron chi connectivity index (χ0n) is 18.9. The van der Waals surface area contributed by atoms with Crippen molar-refractivity contribution in [1.82, 2.24) is 24.9 Å². The van der Waals surface area contributed by atoms with Gasteiger partial charge in [0.05, 0.1) is 18.4 Å². The van der Waals surface area contributed by atoms with E-state index in [4.69, 9.17) is 9.63 Å². The molecule has 0 radical (unpaired) electrons. The molecule has 0 aliphatic rings. The van der Waals surface area contributed by atoms with Gasteiger partial charge in [-0.25, -0.2) is 18.7 Å². The number of anilines is 1. The van der Waals surface area contributed by atoms with Crippen molar-refractivity contribution in [3.63, 3.8) is 0 Å². The fourth-order valence-corrected chi connectivity index (χ4v) is 2.76. The summed E-state index contributed by atoms with van der Waals surface area (Å²) in [7, 11) is 0. The van der Waals surface area contributed by atoms with Crippen LogP contribution < -0.4 is 5.32 Å². The third-order valence-electron chi connectivity index (χ3n) is 4.14. The summed E-state index contributed by atoms with van der Waals surface area (Å²) in [6.45, 7) is 6.08. The van der Waals surface area contributed by atoms with Crippen LogP contribution in [0.4, 0.5) is 14.6 Å². The van der Waals surface area contributed by atoms with Gasteiger partial charge in [-0.1, -0.05) is 44.1 Å². The summed E-state index contributed by atoms with van der Waals surface area (Å²) in [5, 5.41) is 19.5. The zero-order chi connectivity index (χ0) is 24.7. The van der Waals surface area contributed by atoms with Crippen LogP contribution in [0.3, 0.4) is 0 Å². The molecule has 0 unspecified atom stereocenters. The van der Waals surface area contributed by atoms with E-state index in [1.54, 1.807) is 30.3 Å². The highest BCUT2D eigenvalue weighted by atomic mass is 19.1. The molecule has 0 fully saturated rings. The van der Waals surface area contributed by atoms with Crippen LogP contribution in [0.25, 0.3) is 22.9 Å². The minimum absolute atomic E-state index is 0.0568. The number of carbonyl (C=O) groups is 1. The van der Waals surface area contributed by atoms with Gasteiger partial charge in [0.15, 0.2) is 17.5 Å². The molecule has 2 N–H and O–H groups in total. The fraction of sp³-hybridized carbons (Fsp3) is 0.261. The van der Waals surface area contributed by atoms with Crippen LogP contribution >= 0.6 is 0 Å². The Morgan fingerprint density at radius 1 is 1.15 bits per heavy atom. The maximum absolute atomic E-state index is 14.1. The van der Waals surface area contributed by atoms with Gasteiger partial charge in [-0.05, 0) is 18.1 Å². The first kappa shape index (κ1) is 24.5. The maximum atomic E-state index is 14.1. The summed E-state index contributed by atoms with van der Waals surface area (Å²) in [6, 6.07) is 9.49. The van der Waals surface area contributed by atoms with Gasteiger partial charge in [0.1, 0.15) is 30.0 Å². The predicted molar refractivity (Wildman–Crippen MR) is 121 cm³/mol. The molecule has 1 aromatic carbocycles. The lowest BCUT2D eigenvalue weighted by atomic mass is 10.2. The molecule has 4 rings (SSSR count). The van der Waals surface area contributed by atoms with Crippen molar-refractivity contribution in [3.8, 4) is 22.9 Å². The van der Waals surface area contributed by atoms with Gasteiger partial charge in [0.2, 0.25) is 0 Å². The molecule has 0 atom stereocenters. The third-order valence-corrected chi connectivity index (χ3v) is 4.14. The first-order valence-electron chi connectivity index (χ1n) is 10.4. The molecular formula is C23H24F2N6O3. The van der Waals surface area contributed by atoms with E-state index in [0.717, 1.165) is 12.1 Å². The van der Waals surface area contributed by atoms with E-state index in [9.17, 15) is 13.6 Å². The number of hydrogen-bond acceptors (Lipinski definition) is 7. The molecule has 4 aromatic rings. The van der Waals surface area contributed by atoms with Gasteiger partial charge < -0.3 is 14.9 Å². The largest absolute Gasteiger partial charge is 0.480 e. The molecule has 3 heterocycles. The van der Waals surface area contributed by atoms with Crippen molar-refractivity contribution in [2.24, 2.45) is 5.92 Å². The second-order valence-electron chi connectivity index (χ2n) is 7.92. The van der Waals surface area contributed by atoms with Crippen LogP contribution in [0.15, 0.2) is 53.4 Å². The van der Waals surface area contributed by atoms with E-state index in [2.05, 4.69) is 46.3 Å². The van der Waals surface area contributed by atoms with E-state index in [-0.39, 0.29) is 29.7 Å². The number of halogens is 2. The highest BCUT2D eigenvalue weighted by Gasteiger charge is 2.18. The molecular weight excluding hydrogens is 446 g/mol. The lowest BCUT2D eigenvalue weighted by Gasteiger charge is -2.07. The molecule has 178 valence electrons. The third kappa shape index (κ3) is 6.44. The van der Waals surface area contributed by atoms with E-state index in [0.29, 0.717) is 17.0 Å². The van der Waals surface area contributed by atoms with E-state index in [1.807, 2.05) is 0 Å². The molecule has 0 saturated carbocycles. The van der Waals surface area contributed by atoms with Crippen LogP contribution in [-0.2, 0) is 11.3 Å². The Balaban J connectivity index is 0.000000751. The average molecular weight is 470 g/mol. The number of carboxylic acids is 1. The minimum Gasteiger partial charge on any atom is -0.480 e. The van der Waals surface area contributed by atoms with Gasteiger partial charge in [-0.15, -0.1) is 0 Å². The molecule has 0 aliphatic heterocycles. The predicted octanol–water partition coefficient (Wildman–Crippen LogP) is 4.48. The number of hydrogen-bond donors (Lipinski definition) is 2. The Hall–Kier alpha value is -4.15. The van der Waals surface area contributed by atoms with Gasteiger partial charge in [-0.2, -0.15) is 5.10 Å². The van der Waals surface area contributed by atoms with Crippen molar-refractivity contribution in [1.29, 1.82) is 0 Å². The summed E-state index contributed by atoms with van der Waals surface area (Å²) >= 11 is 0. The van der Waals surface area contributed by atoms with E-state index >= 15 is 0 Å². The number of aliphatic carboxylic acids is 1. The average Bonchev–Trinajstić information content (AvgIpc) is 3.44. The summed E-state index contributed by atoms with van der Waals surface area (Å²) in [5.74, 6) is -1.74. The Kier molecular flexibility index (Phi) is 8.01. The molecule has 0 amide bonds. The molecule has 0 spiro atoms. The molecule has 0 bridgehead atoms. The van der Waals surface area contributed by atoms with Gasteiger partial charge >= 0.3 is 5.97 Å². The van der Waals surface area contributed by atoms with Crippen molar-refractivity contribution in [3.05, 3.63) is 66.1 Å². The van der Waals surface area contributed by atoms with Gasteiger partial charge in [0, 0.05) is 11.6 Å². The van der Waals surface area contributed by atoms with Crippen LogP contribution in [0.5, 0.6) is 0 Å². The zero-order valence-corrected chi connectivity index (χ0v) is 18.9. The van der Waals surface area contributed by atoms with Crippen LogP contribution in [0.2, 0.25) is 0 Å². The Labute approximate surface area is 194 Å². The Morgan fingerprint density at radius 2 is 1.88 bits per heavy atom. The van der Waals surface area contributed by atoms with Gasteiger partial charge in [0.25, 0.3) is 0 Å². The first-order chi connectivity index (χ1) is 16.2. The summed E-state index contributed by atoms with van der Waals surface area (Å²) < 4.78 is 34.4. The molecule has 0 aliphatic carbocycles. The summed E-state index contributed by atoms with van der Waals surface area (Å²) in [4.78, 5) is 18.7. The molecule has 3 aromatic heterocycles. The summed E-state index contributed by atoms with van der Waals surface area (Å²) in [6.07, 6.45) is 2.30. The standard InChI is InChI=1S/C19H14F2N6O3.C4H10/c20-12-4-2-1-3-11(12)10-27-16(14-5-6-30-26-14)7-15(25-27)19-22-8-13(21)18(24-19)23-9-17(28)29;1-4(2)3/h1-8H,9-10H2,(H,28,29)(H,22,23,24);4H,1-3H3. The highest BCUT2D eigenvalue weighted by molar-refractivity contribution is 5.72. The molecule has 0 saturated heterocycles. The highest BCUT2D eigenvalue weighted by Crippen LogP contribution is 2.25. The van der Waals surface area contributed by atoms with Crippen molar-refractivity contribution in [2.75, 3.05) is 11.9 Å². The smallest absolute Gasteiger partial charge is 0.322 e. The fourth-order valence-electron chi connectivity index (χ4n) is 2.76. The second-order valence-corrected chi connectivity index (χ2v) is 7.92. The monoisotopic (exact) mass is 470 g/mol. The quantitative estimate of drug-likeness (QED) is 0.406. The Morgan fingerprint density at radius 3 is 2.53 bits per heavy atom. The van der Waals surface area contributed by atoms with Crippen LogP contribution in [0.1, 0.15) is 26.3 Å². The SMILES string of the molecule is CC(C)C.O=C(O)CNc1nc(-c2cc(-c3ccon3)n(Cc3ccccc3F)n2)ncc1F. The molecule has 9 nitrogen and oxygen atoms in total. The molecule has 11 heteroatoms. The minimum atomic E-state index is -1.17. The van der Waals surface area contributed by atoms with E-state index in [1.165, 1.54) is 17.0 Å². The number of rotatable bonds is 7. The van der Waals surface area contributed by atoms with Crippen LogP contribution in [0, 0.1) is 17.6 Å². The topological polar surface area (TPSA) is 119 Å². The Bertz CT molecular complexity index is 1240. The first-order valence-corrected chi connectivity index (χ1v) is 10.4.